The van der Waals surface area contributed by atoms with E-state index in [0.29, 0.717) is 12.1 Å². The van der Waals surface area contributed by atoms with Gasteiger partial charge >= 0.3 is 0 Å². The van der Waals surface area contributed by atoms with Gasteiger partial charge in [-0.15, -0.1) is 0 Å². The SMILES string of the molecule is CCN(C)CCC(=O)C1=NC=C(C)N=C=C1. The summed E-state index contributed by atoms with van der Waals surface area (Å²) in [7, 11) is 1.99. The van der Waals surface area contributed by atoms with Crippen LogP contribution in [-0.4, -0.2) is 42.4 Å². The fourth-order valence-electron chi connectivity index (χ4n) is 1.16. The summed E-state index contributed by atoms with van der Waals surface area (Å²) in [5, 5.41) is 0. The second-order valence-electron chi connectivity index (χ2n) is 3.74. The summed E-state index contributed by atoms with van der Waals surface area (Å²) in [6.07, 6.45) is 3.61. The van der Waals surface area contributed by atoms with Gasteiger partial charge in [-0.2, -0.15) is 0 Å². The average Bonchev–Trinajstić information content (AvgIpc) is 2.50. The lowest BCUT2D eigenvalue weighted by molar-refractivity contribution is -0.113. The van der Waals surface area contributed by atoms with Crippen molar-refractivity contribution in [3.05, 3.63) is 18.0 Å². The van der Waals surface area contributed by atoms with Gasteiger partial charge in [0.2, 0.25) is 0 Å². The summed E-state index contributed by atoms with van der Waals surface area (Å²) >= 11 is 0. The van der Waals surface area contributed by atoms with E-state index in [1.165, 1.54) is 0 Å². The molecule has 0 saturated heterocycles. The molecule has 0 spiro atoms. The lowest BCUT2D eigenvalue weighted by Crippen LogP contribution is -2.23. The zero-order chi connectivity index (χ0) is 12.0. The van der Waals surface area contributed by atoms with Crippen molar-refractivity contribution in [1.29, 1.82) is 0 Å². The normalized spacial score (nSPS) is 14.8. The van der Waals surface area contributed by atoms with E-state index in [0.717, 1.165) is 18.8 Å². The summed E-state index contributed by atoms with van der Waals surface area (Å²) in [5.41, 5.74) is 1.19. The molecule has 1 rings (SSSR count). The molecule has 4 nitrogen and oxygen atoms in total. The molecule has 1 aliphatic heterocycles. The van der Waals surface area contributed by atoms with Crippen molar-refractivity contribution in [2.24, 2.45) is 9.98 Å². The zero-order valence-electron chi connectivity index (χ0n) is 10.0. The minimum atomic E-state index is 0.0361. The van der Waals surface area contributed by atoms with Gasteiger partial charge in [-0.25, -0.2) is 4.99 Å². The molecular formula is C12H17N3O. The maximum Gasteiger partial charge on any atom is 0.183 e. The Labute approximate surface area is 96.1 Å². The fraction of sp³-hybridized carbons (Fsp3) is 0.500. The molecule has 0 aliphatic carbocycles. The lowest BCUT2D eigenvalue weighted by atomic mass is 10.2. The Bertz CT molecular complexity index is 387. The van der Waals surface area contributed by atoms with Crippen LogP contribution in [0, 0.1) is 0 Å². The van der Waals surface area contributed by atoms with Crippen LogP contribution < -0.4 is 0 Å². The van der Waals surface area contributed by atoms with Crippen LogP contribution in [0.15, 0.2) is 28.0 Å². The van der Waals surface area contributed by atoms with Crippen LogP contribution in [0.25, 0.3) is 0 Å². The molecule has 1 heterocycles. The van der Waals surface area contributed by atoms with Crippen LogP contribution >= 0.6 is 0 Å². The molecule has 0 aromatic rings. The van der Waals surface area contributed by atoms with E-state index in [1.807, 2.05) is 14.0 Å². The summed E-state index contributed by atoms with van der Waals surface area (Å²) in [6, 6.07) is 0. The maximum atomic E-state index is 11.8. The van der Waals surface area contributed by atoms with E-state index in [9.17, 15) is 4.79 Å². The number of aliphatic imine (C=N–C) groups is 2. The summed E-state index contributed by atoms with van der Waals surface area (Å²) in [4.78, 5) is 21.9. The van der Waals surface area contributed by atoms with Gasteiger partial charge in [0.05, 0.1) is 5.70 Å². The Morgan fingerprint density at radius 2 is 2.31 bits per heavy atom. The third-order valence-electron chi connectivity index (χ3n) is 2.38. The van der Waals surface area contributed by atoms with Crippen molar-refractivity contribution >= 4 is 17.4 Å². The number of carbonyl (C=O) groups is 1. The zero-order valence-corrected chi connectivity index (χ0v) is 10.0. The van der Waals surface area contributed by atoms with E-state index in [-0.39, 0.29) is 5.78 Å². The van der Waals surface area contributed by atoms with Gasteiger partial charge in [0, 0.05) is 25.2 Å². The second kappa shape index (κ2) is 6.16. The number of hydrogen-bond acceptors (Lipinski definition) is 4. The van der Waals surface area contributed by atoms with Crippen molar-refractivity contribution < 1.29 is 4.79 Å². The number of hydrogen-bond donors (Lipinski definition) is 0. The first-order valence-corrected chi connectivity index (χ1v) is 5.39. The first kappa shape index (κ1) is 12.6. The third kappa shape index (κ3) is 3.93. The molecule has 0 bridgehead atoms. The molecule has 0 N–H and O–H groups in total. The van der Waals surface area contributed by atoms with Crippen LogP contribution in [0.1, 0.15) is 20.3 Å². The predicted octanol–water partition coefficient (Wildman–Crippen LogP) is 1.44. The maximum absolute atomic E-state index is 11.8. The number of nitrogens with zero attached hydrogens (tertiary/aromatic N) is 3. The van der Waals surface area contributed by atoms with Crippen molar-refractivity contribution in [2.45, 2.75) is 20.3 Å². The molecule has 0 atom stereocenters. The molecule has 1 aliphatic rings. The Kier molecular flexibility index (Phi) is 4.83. The highest BCUT2D eigenvalue weighted by atomic mass is 16.1. The van der Waals surface area contributed by atoms with Crippen molar-refractivity contribution in [2.75, 3.05) is 20.1 Å². The molecule has 0 radical (unpaired) electrons. The molecule has 16 heavy (non-hydrogen) atoms. The monoisotopic (exact) mass is 219 g/mol. The van der Waals surface area contributed by atoms with Crippen LogP contribution in [0.2, 0.25) is 0 Å². The van der Waals surface area contributed by atoms with E-state index < -0.39 is 0 Å². The molecule has 0 saturated carbocycles. The third-order valence-corrected chi connectivity index (χ3v) is 2.38. The summed E-state index contributed by atoms with van der Waals surface area (Å²) < 4.78 is 0. The van der Waals surface area contributed by atoms with Gasteiger partial charge in [0.15, 0.2) is 5.78 Å². The summed E-state index contributed by atoms with van der Waals surface area (Å²) in [5.74, 6) is 2.73. The van der Waals surface area contributed by atoms with E-state index in [2.05, 4.69) is 27.7 Å². The fourth-order valence-corrected chi connectivity index (χ4v) is 1.16. The van der Waals surface area contributed by atoms with Crippen LogP contribution in [0.3, 0.4) is 0 Å². The standard InChI is InChI=1S/C12H17N3O/c1-4-15(3)8-6-12(16)11-5-7-13-10(2)9-14-11/h5,9H,4,6,8H2,1-3H3. The van der Waals surface area contributed by atoms with E-state index in [4.69, 9.17) is 0 Å². The lowest BCUT2D eigenvalue weighted by Gasteiger charge is -2.12. The highest BCUT2D eigenvalue weighted by Gasteiger charge is 2.09. The van der Waals surface area contributed by atoms with Gasteiger partial charge < -0.3 is 4.90 Å². The number of ketones is 1. The van der Waals surface area contributed by atoms with E-state index in [1.54, 1.807) is 12.3 Å². The molecule has 0 aromatic heterocycles. The van der Waals surface area contributed by atoms with Crippen LogP contribution in [0.5, 0.6) is 0 Å². The number of allylic oxidation sites excluding steroid dienone is 2. The molecular weight excluding hydrogens is 202 g/mol. The molecule has 0 fully saturated rings. The smallest absolute Gasteiger partial charge is 0.183 e. The highest BCUT2D eigenvalue weighted by Crippen LogP contribution is 2.00. The molecule has 0 unspecified atom stereocenters. The van der Waals surface area contributed by atoms with Gasteiger partial charge in [-0.1, -0.05) is 6.92 Å². The minimum absolute atomic E-state index is 0.0361. The Balaban J connectivity index is 2.59. The van der Waals surface area contributed by atoms with Gasteiger partial charge in [-0.3, -0.25) is 9.79 Å². The van der Waals surface area contributed by atoms with Crippen molar-refractivity contribution in [3.8, 4) is 0 Å². The largest absolute Gasteiger partial charge is 0.306 e. The Morgan fingerprint density at radius 3 is 3.00 bits per heavy atom. The van der Waals surface area contributed by atoms with E-state index >= 15 is 0 Å². The number of rotatable bonds is 5. The summed E-state index contributed by atoms with van der Waals surface area (Å²) in [6.45, 7) is 5.58. The van der Waals surface area contributed by atoms with Gasteiger partial charge in [-0.05, 0) is 26.4 Å². The molecule has 0 aromatic carbocycles. The topological polar surface area (TPSA) is 45.0 Å². The van der Waals surface area contributed by atoms with Crippen molar-refractivity contribution in [1.82, 2.24) is 4.90 Å². The molecule has 4 heteroatoms. The quantitative estimate of drug-likeness (QED) is 0.702. The van der Waals surface area contributed by atoms with Gasteiger partial charge in [0.25, 0.3) is 0 Å². The van der Waals surface area contributed by atoms with Crippen molar-refractivity contribution in [3.63, 3.8) is 0 Å². The molecule has 86 valence electrons. The van der Waals surface area contributed by atoms with Crippen LogP contribution in [0.4, 0.5) is 0 Å². The number of Topliss-reactive ketones (excluding diaryl/α,β-unsaturated/α-hetero) is 1. The first-order chi connectivity index (χ1) is 7.63. The number of carbonyl (C=O) groups excluding carboxylic acids is 1. The predicted molar refractivity (Wildman–Crippen MR) is 66.0 cm³/mol. The Hall–Kier alpha value is -1.51. The highest BCUT2D eigenvalue weighted by molar-refractivity contribution is 6.45. The average molecular weight is 219 g/mol. The Morgan fingerprint density at radius 1 is 1.56 bits per heavy atom. The van der Waals surface area contributed by atoms with Crippen LogP contribution in [-0.2, 0) is 4.79 Å². The second-order valence-corrected chi connectivity index (χ2v) is 3.74. The molecule has 0 amide bonds. The van der Waals surface area contributed by atoms with Gasteiger partial charge in [0.1, 0.15) is 5.71 Å². The minimum Gasteiger partial charge on any atom is -0.306 e. The first-order valence-electron chi connectivity index (χ1n) is 5.39.